The van der Waals surface area contributed by atoms with Crippen molar-refractivity contribution in [3.05, 3.63) is 107 Å². The second-order valence-electron chi connectivity index (χ2n) is 19.6. The van der Waals surface area contributed by atoms with Crippen molar-refractivity contribution in [1.29, 1.82) is 0 Å². The third-order valence-electron chi connectivity index (χ3n) is 14.8. The van der Waals surface area contributed by atoms with Crippen molar-refractivity contribution in [2.24, 2.45) is 5.92 Å². The number of hydrogen-bond acceptors (Lipinski definition) is 18. The monoisotopic (exact) mass is 1320 g/mol. The third kappa shape index (κ3) is 29.4. The molecule has 0 saturated heterocycles. The lowest BCUT2D eigenvalue weighted by Gasteiger charge is -2.24. The molecular weight excluding hydrogens is 1200 g/mol. The van der Waals surface area contributed by atoms with Crippen LogP contribution in [0.15, 0.2) is 84.9 Å². The first-order valence-electron chi connectivity index (χ1n) is 32.5. The van der Waals surface area contributed by atoms with E-state index < -0.39 is 56.3 Å². The molecule has 4 rings (SSSR count). The molecule has 3 aromatic carbocycles. The zero-order valence-corrected chi connectivity index (χ0v) is 62.8. The van der Waals surface area contributed by atoms with E-state index >= 15 is 0 Å². The number of anilines is 2. The van der Waals surface area contributed by atoms with Gasteiger partial charge < -0.3 is 69.2 Å². The molecule has 0 saturated carbocycles. The number of methoxy groups -OCH3 is 1. The molecule has 22 heteroatoms. The van der Waals surface area contributed by atoms with Crippen LogP contribution in [-0.2, 0) is 68.4 Å². The number of rotatable bonds is 37. The second-order valence-corrected chi connectivity index (χ2v) is 29.0. The smallest absolute Gasteiger partial charge is 0.469 e. The summed E-state index contributed by atoms with van der Waals surface area (Å²) in [6, 6.07) is 29.1. The lowest BCUT2D eigenvalue weighted by atomic mass is 9.83. The van der Waals surface area contributed by atoms with Crippen LogP contribution in [0.1, 0.15) is 151 Å². The van der Waals surface area contributed by atoms with Crippen LogP contribution in [0.3, 0.4) is 0 Å². The van der Waals surface area contributed by atoms with Crippen LogP contribution < -0.4 is 20.1 Å². The Hall–Kier alpha value is -4.93. The van der Waals surface area contributed by atoms with E-state index in [1.54, 1.807) is 70.9 Å². The number of allylic oxidation sites excluding steroid dienone is 3. The molecule has 90 heavy (non-hydrogen) atoms. The zero-order chi connectivity index (χ0) is 68.6. The van der Waals surface area contributed by atoms with Crippen molar-refractivity contribution in [3.8, 4) is 0 Å². The number of nitrogens with one attached hydrogen (secondary N) is 2. The standard InChI is InChI=1S/C37H49N3O3Si.C20H39NO9Si.C5H14O3Si.3C2H6/c1-8-39(9-2)31-21-17-29(18-22-31)37(30-19-23-32(24-20-30)40(10-3)11-4)35-25-26-36(34-16-13-12-15-33(34)35)38-27-14-28-44(41-5,42-6)43-7;1-7-8-13-29-20(24)17(15-16(2)19(23)25-3)30-18(22)10-12-21-11-9-14-31(26-4,27-5)28-6;1-5-9(6-2,7-3)8-4;3*1-2/h12-13,15-26H,8-11,14,27-28H2,1-7H3;16-17,21H,7-15H2,1-6H3;5H2,1-4H3;3*1-2H3/p+1. The van der Waals surface area contributed by atoms with Gasteiger partial charge in [0, 0.05) is 145 Å². The van der Waals surface area contributed by atoms with E-state index in [0.717, 1.165) is 69.8 Å². The summed E-state index contributed by atoms with van der Waals surface area (Å²) in [5.74, 6) is -2.28. The summed E-state index contributed by atoms with van der Waals surface area (Å²) < 4.78 is 63.3. The number of fused-ring (bicyclic) bond motifs is 1. The van der Waals surface area contributed by atoms with Gasteiger partial charge in [-0.25, -0.2) is 9.79 Å². The number of unbranched alkanes of at least 4 members (excludes halogenated alkanes) is 1. The predicted octanol–water partition coefficient (Wildman–Crippen LogP) is 11.7. The Balaban J connectivity index is 0. The number of carbonyl (C=O) groups excluding carboxylic acids is 3. The Bertz CT molecular complexity index is 2340. The van der Waals surface area contributed by atoms with E-state index in [4.69, 9.17) is 49.3 Å². The fraction of sp³-hybridized carbons (Fsp3) is 0.618. The van der Waals surface area contributed by atoms with Crippen LogP contribution >= 0.6 is 0 Å². The van der Waals surface area contributed by atoms with Crippen LogP contribution in [0.5, 0.6) is 0 Å². The molecule has 1 aliphatic carbocycles. The molecule has 3 aromatic rings. The molecule has 514 valence electrons. The minimum Gasteiger partial charge on any atom is -0.469 e. The molecule has 1 aliphatic rings. The fourth-order valence-electron chi connectivity index (χ4n) is 9.51. The van der Waals surface area contributed by atoms with Crippen LogP contribution in [0.4, 0.5) is 11.4 Å². The highest BCUT2D eigenvalue weighted by Gasteiger charge is 2.38. The van der Waals surface area contributed by atoms with Crippen molar-refractivity contribution >= 4 is 72.6 Å². The maximum atomic E-state index is 12.3. The maximum Gasteiger partial charge on any atom is 0.500 e. The van der Waals surface area contributed by atoms with Gasteiger partial charge in [-0.1, -0.05) is 111 Å². The fourth-order valence-corrected chi connectivity index (χ4v) is 14.3. The normalized spacial score (nSPS) is 12.7. The number of nitrogens with zero attached hydrogens (tertiary/aromatic N) is 2. The molecule has 2 atom stereocenters. The predicted molar refractivity (Wildman–Crippen MR) is 374 cm³/mol. The van der Waals surface area contributed by atoms with E-state index in [1.807, 2.05) is 55.4 Å². The SMILES string of the molecule is CC.CC.CC.CCCCOC(=O)C(CC(C)C(=O)OC)OC(=O)CCNCCC[Si](OC)(OC)OC.CCN(CC)c1ccc(C(=C2C=CC(=[NH+]CCC[Si](OC)(OC)OC)c3ccccc32)c2ccc(N(CC)CC)cc2)cc1.CC[Si](OC)(OC)OC. The molecule has 19 nitrogen and oxygen atoms in total. The lowest BCUT2D eigenvalue weighted by molar-refractivity contribution is -0.455. The van der Waals surface area contributed by atoms with Gasteiger partial charge in [-0.2, -0.15) is 0 Å². The Morgan fingerprint density at radius 3 is 1.38 bits per heavy atom. The number of esters is 3. The Labute approximate surface area is 548 Å². The summed E-state index contributed by atoms with van der Waals surface area (Å²) in [4.78, 5) is 44.6. The van der Waals surface area contributed by atoms with Crippen molar-refractivity contribution in [1.82, 2.24) is 5.32 Å². The van der Waals surface area contributed by atoms with Crippen molar-refractivity contribution < 1.29 is 73.4 Å². The van der Waals surface area contributed by atoms with Crippen molar-refractivity contribution in [2.45, 2.75) is 153 Å². The minimum absolute atomic E-state index is 0.00850. The Morgan fingerprint density at radius 1 is 0.533 bits per heavy atom. The first-order chi connectivity index (χ1) is 43.5. The molecule has 0 radical (unpaired) electrons. The molecule has 0 aliphatic heterocycles. The first-order valence-corrected chi connectivity index (χ1v) is 38.2. The molecule has 0 heterocycles. The van der Waals surface area contributed by atoms with E-state index in [-0.39, 0.29) is 19.4 Å². The van der Waals surface area contributed by atoms with Gasteiger partial charge in [0.25, 0.3) is 0 Å². The summed E-state index contributed by atoms with van der Waals surface area (Å²) in [6.07, 6.45) is 6.64. The van der Waals surface area contributed by atoms with E-state index in [0.29, 0.717) is 25.6 Å². The average Bonchev–Trinajstić information content (AvgIpc) is 1.17. The van der Waals surface area contributed by atoms with Crippen LogP contribution in [0.25, 0.3) is 11.1 Å². The largest absolute Gasteiger partial charge is 0.500 e. The topological polar surface area (TPSA) is 194 Å². The third-order valence-corrected chi connectivity index (χ3v) is 23.2. The molecule has 0 aromatic heterocycles. The summed E-state index contributed by atoms with van der Waals surface area (Å²) in [7, 11) is 8.42. The van der Waals surface area contributed by atoms with Gasteiger partial charge in [-0.3, -0.25) is 9.59 Å². The number of benzene rings is 3. The molecule has 2 N–H and O–H groups in total. The van der Waals surface area contributed by atoms with Crippen molar-refractivity contribution in [3.63, 3.8) is 0 Å². The van der Waals surface area contributed by atoms with Gasteiger partial charge >= 0.3 is 44.3 Å². The number of carbonyl (C=O) groups is 3. The molecular formula is C68H121N4O15Si3+. The van der Waals surface area contributed by atoms with Gasteiger partial charge in [0.05, 0.1) is 31.6 Å². The lowest BCUT2D eigenvalue weighted by Crippen LogP contribution is -2.73. The summed E-state index contributed by atoms with van der Waals surface area (Å²) in [6.45, 7) is 32.4. The zero-order valence-electron chi connectivity index (χ0n) is 59.8. The van der Waals surface area contributed by atoms with Crippen LogP contribution in [0.2, 0.25) is 18.1 Å². The van der Waals surface area contributed by atoms with E-state index in [9.17, 15) is 14.4 Å². The maximum absolute atomic E-state index is 12.3. The van der Waals surface area contributed by atoms with Gasteiger partial charge in [0.15, 0.2) is 6.10 Å². The summed E-state index contributed by atoms with van der Waals surface area (Å²) in [5.41, 5.74) is 10.9. The van der Waals surface area contributed by atoms with E-state index in [2.05, 4.69) is 137 Å². The number of hydrogen-bond donors (Lipinski definition) is 2. The Morgan fingerprint density at radius 2 is 0.978 bits per heavy atom. The molecule has 0 bridgehead atoms. The van der Waals surface area contributed by atoms with Gasteiger partial charge in [-0.05, 0) is 111 Å². The highest BCUT2D eigenvalue weighted by molar-refractivity contribution is 6.61. The number of ether oxygens (including phenoxy) is 3. The second kappa shape index (κ2) is 51.6. The first kappa shape index (κ1) is 87.1. The molecule has 0 amide bonds. The van der Waals surface area contributed by atoms with Gasteiger partial charge in [-0.15, -0.1) is 0 Å². The van der Waals surface area contributed by atoms with Crippen LogP contribution in [0, 0.1) is 5.92 Å². The quantitative estimate of drug-likeness (QED) is 0.0239. The minimum atomic E-state index is -2.60. The highest BCUT2D eigenvalue weighted by atomic mass is 28.4. The van der Waals surface area contributed by atoms with Crippen LogP contribution in [-0.4, -0.2) is 180 Å². The van der Waals surface area contributed by atoms with Crippen molar-refractivity contribution in [2.75, 3.05) is 133 Å². The molecule has 0 fully saturated rings. The Kier molecular flexibility index (Phi) is 49.9. The average molecular weight is 1320 g/mol. The summed E-state index contributed by atoms with van der Waals surface area (Å²) >= 11 is 0. The van der Waals surface area contributed by atoms with Gasteiger partial charge in [0.2, 0.25) is 5.71 Å². The molecule has 2 unspecified atom stereocenters. The van der Waals surface area contributed by atoms with E-state index in [1.165, 1.54) is 51.9 Å². The molecule has 0 spiro atoms. The van der Waals surface area contributed by atoms with Gasteiger partial charge in [0.1, 0.15) is 6.54 Å². The highest BCUT2D eigenvalue weighted by Crippen LogP contribution is 2.38. The summed E-state index contributed by atoms with van der Waals surface area (Å²) in [5, 5.41) is 3.14.